The number of aromatic nitrogens is 4. The Kier molecular flexibility index (Phi) is 4.11. The molecule has 0 bridgehead atoms. The standard InChI is InChI=1S/C17H16F2N6O/c1-26-11-2-3-12(13(19)6-11)14-7-16(24-23-14)21-15-4-5-20-17(22-15)25-8-10(18)9-25/h2-7,10H,8-9H2,1H3,(H2,20,21,22,23,24). The number of alkyl halides is 1. The molecule has 0 unspecified atom stereocenters. The van der Waals surface area contributed by atoms with Crippen molar-refractivity contribution in [2.45, 2.75) is 6.17 Å². The number of H-pyrrole nitrogens is 1. The molecule has 9 heteroatoms. The van der Waals surface area contributed by atoms with Gasteiger partial charge < -0.3 is 15.0 Å². The van der Waals surface area contributed by atoms with Crippen molar-refractivity contribution in [1.29, 1.82) is 0 Å². The molecule has 3 heterocycles. The highest BCUT2D eigenvalue weighted by molar-refractivity contribution is 5.66. The maximum atomic E-state index is 14.2. The summed E-state index contributed by atoms with van der Waals surface area (Å²) in [4.78, 5) is 10.2. The Morgan fingerprint density at radius 3 is 2.81 bits per heavy atom. The highest BCUT2D eigenvalue weighted by Crippen LogP contribution is 2.27. The molecule has 7 nitrogen and oxygen atoms in total. The first-order chi connectivity index (χ1) is 12.6. The molecule has 0 radical (unpaired) electrons. The molecule has 0 saturated carbocycles. The Morgan fingerprint density at radius 2 is 2.08 bits per heavy atom. The molecule has 0 spiro atoms. The molecule has 3 aromatic rings. The van der Waals surface area contributed by atoms with Crippen LogP contribution < -0.4 is 15.0 Å². The first kappa shape index (κ1) is 16.2. The summed E-state index contributed by atoms with van der Waals surface area (Å²) in [6, 6.07) is 7.96. The lowest BCUT2D eigenvalue weighted by atomic mass is 10.1. The van der Waals surface area contributed by atoms with Gasteiger partial charge in [-0.1, -0.05) is 0 Å². The number of methoxy groups -OCH3 is 1. The van der Waals surface area contributed by atoms with Crippen molar-refractivity contribution in [2.75, 3.05) is 30.4 Å². The third-order valence-corrected chi connectivity index (χ3v) is 4.06. The summed E-state index contributed by atoms with van der Waals surface area (Å²) in [5.74, 6) is 1.49. The van der Waals surface area contributed by atoms with E-state index < -0.39 is 12.0 Å². The van der Waals surface area contributed by atoms with Gasteiger partial charge in [-0.25, -0.2) is 13.8 Å². The van der Waals surface area contributed by atoms with Crippen LogP contribution in [0.5, 0.6) is 5.75 Å². The first-order valence-electron chi connectivity index (χ1n) is 8.01. The van der Waals surface area contributed by atoms with Gasteiger partial charge in [0.05, 0.1) is 25.9 Å². The number of aromatic amines is 1. The van der Waals surface area contributed by atoms with Crippen molar-refractivity contribution >= 4 is 17.6 Å². The summed E-state index contributed by atoms with van der Waals surface area (Å²) in [6.07, 6.45) is 0.760. The van der Waals surface area contributed by atoms with Crippen LogP contribution in [0.25, 0.3) is 11.3 Å². The summed E-state index contributed by atoms with van der Waals surface area (Å²) in [5.41, 5.74) is 0.897. The van der Waals surface area contributed by atoms with Crippen LogP contribution in [0, 0.1) is 5.82 Å². The summed E-state index contributed by atoms with van der Waals surface area (Å²) < 4.78 is 32.2. The lowest BCUT2D eigenvalue weighted by molar-refractivity contribution is 0.272. The van der Waals surface area contributed by atoms with E-state index in [4.69, 9.17) is 4.74 Å². The highest BCUT2D eigenvalue weighted by Gasteiger charge is 2.28. The first-order valence-corrected chi connectivity index (χ1v) is 8.01. The van der Waals surface area contributed by atoms with E-state index in [0.29, 0.717) is 47.7 Å². The number of hydrogen-bond donors (Lipinski definition) is 2. The van der Waals surface area contributed by atoms with Crippen LogP contribution in [0.2, 0.25) is 0 Å². The normalized spacial score (nSPS) is 14.2. The van der Waals surface area contributed by atoms with Gasteiger partial charge in [-0.05, 0) is 18.2 Å². The third-order valence-electron chi connectivity index (χ3n) is 4.06. The van der Waals surface area contributed by atoms with Crippen LogP contribution in [-0.4, -0.2) is 46.5 Å². The summed E-state index contributed by atoms with van der Waals surface area (Å²) in [6.45, 7) is 0.597. The van der Waals surface area contributed by atoms with E-state index in [0.717, 1.165) is 0 Å². The third kappa shape index (κ3) is 3.15. The molecule has 1 fully saturated rings. The minimum atomic E-state index is -0.830. The zero-order chi connectivity index (χ0) is 18.1. The zero-order valence-electron chi connectivity index (χ0n) is 13.9. The molecule has 2 N–H and O–H groups in total. The van der Waals surface area contributed by atoms with Crippen molar-refractivity contribution in [3.8, 4) is 17.0 Å². The SMILES string of the molecule is COc1ccc(-c2cc(Nc3ccnc(N4CC(F)C4)n3)n[nH]2)c(F)c1. The highest BCUT2D eigenvalue weighted by atomic mass is 19.1. The molecule has 0 aliphatic carbocycles. The number of ether oxygens (including phenoxy) is 1. The van der Waals surface area contributed by atoms with E-state index in [1.165, 1.54) is 13.2 Å². The van der Waals surface area contributed by atoms with E-state index in [1.807, 2.05) is 0 Å². The molecular formula is C17H16F2N6O. The zero-order valence-corrected chi connectivity index (χ0v) is 13.9. The lowest BCUT2D eigenvalue weighted by Crippen LogP contribution is -2.49. The monoisotopic (exact) mass is 358 g/mol. The molecule has 26 heavy (non-hydrogen) atoms. The topological polar surface area (TPSA) is 79.0 Å². The Labute approximate surface area is 148 Å². The van der Waals surface area contributed by atoms with Gasteiger partial charge >= 0.3 is 0 Å². The smallest absolute Gasteiger partial charge is 0.227 e. The molecule has 1 aliphatic rings. The van der Waals surface area contributed by atoms with Gasteiger partial charge in [0.1, 0.15) is 23.6 Å². The maximum Gasteiger partial charge on any atom is 0.227 e. The van der Waals surface area contributed by atoms with Crippen LogP contribution in [0.3, 0.4) is 0 Å². The molecule has 0 atom stereocenters. The average molecular weight is 358 g/mol. The van der Waals surface area contributed by atoms with E-state index in [2.05, 4.69) is 25.5 Å². The lowest BCUT2D eigenvalue weighted by Gasteiger charge is -2.34. The molecule has 1 aliphatic heterocycles. The van der Waals surface area contributed by atoms with Gasteiger partial charge in [0, 0.05) is 23.9 Å². The fourth-order valence-electron chi connectivity index (χ4n) is 2.65. The Bertz CT molecular complexity index is 925. The number of benzene rings is 1. The second-order valence-corrected chi connectivity index (χ2v) is 5.88. The number of anilines is 3. The van der Waals surface area contributed by atoms with E-state index in [1.54, 1.807) is 35.4 Å². The summed E-state index contributed by atoms with van der Waals surface area (Å²) in [5, 5.41) is 9.94. The minimum Gasteiger partial charge on any atom is -0.497 e. The van der Waals surface area contributed by atoms with Gasteiger partial charge in [0.15, 0.2) is 5.82 Å². The Hall–Kier alpha value is -3.23. The number of nitrogens with one attached hydrogen (secondary N) is 2. The van der Waals surface area contributed by atoms with Crippen LogP contribution in [-0.2, 0) is 0 Å². The Morgan fingerprint density at radius 1 is 1.23 bits per heavy atom. The van der Waals surface area contributed by atoms with Crippen LogP contribution >= 0.6 is 0 Å². The van der Waals surface area contributed by atoms with Crippen LogP contribution in [0.1, 0.15) is 0 Å². The van der Waals surface area contributed by atoms with Gasteiger partial charge in [0.25, 0.3) is 0 Å². The van der Waals surface area contributed by atoms with E-state index in [-0.39, 0.29) is 0 Å². The quantitative estimate of drug-likeness (QED) is 0.730. The van der Waals surface area contributed by atoms with Crippen LogP contribution in [0.4, 0.5) is 26.4 Å². The summed E-state index contributed by atoms with van der Waals surface area (Å²) >= 11 is 0. The second-order valence-electron chi connectivity index (χ2n) is 5.88. The van der Waals surface area contributed by atoms with E-state index in [9.17, 15) is 8.78 Å². The van der Waals surface area contributed by atoms with Crippen LogP contribution in [0.15, 0.2) is 36.5 Å². The van der Waals surface area contributed by atoms with Gasteiger partial charge in [-0.15, -0.1) is 0 Å². The molecule has 1 saturated heterocycles. The fourth-order valence-corrected chi connectivity index (χ4v) is 2.65. The minimum absolute atomic E-state index is 0.298. The van der Waals surface area contributed by atoms with E-state index >= 15 is 0 Å². The molecule has 4 rings (SSSR count). The Balaban J connectivity index is 1.51. The summed E-state index contributed by atoms with van der Waals surface area (Å²) in [7, 11) is 1.48. The molecule has 2 aromatic heterocycles. The van der Waals surface area contributed by atoms with Crippen molar-refractivity contribution in [2.24, 2.45) is 0 Å². The van der Waals surface area contributed by atoms with Crippen molar-refractivity contribution in [3.05, 3.63) is 42.3 Å². The molecule has 0 amide bonds. The number of rotatable bonds is 5. The largest absolute Gasteiger partial charge is 0.497 e. The van der Waals surface area contributed by atoms with Gasteiger partial charge in [-0.3, -0.25) is 5.10 Å². The fraction of sp³-hybridized carbons (Fsp3) is 0.235. The van der Waals surface area contributed by atoms with Crippen molar-refractivity contribution in [3.63, 3.8) is 0 Å². The van der Waals surface area contributed by atoms with Crippen molar-refractivity contribution in [1.82, 2.24) is 20.2 Å². The van der Waals surface area contributed by atoms with Gasteiger partial charge in [-0.2, -0.15) is 10.1 Å². The van der Waals surface area contributed by atoms with Crippen molar-refractivity contribution < 1.29 is 13.5 Å². The molecule has 1 aromatic carbocycles. The maximum absolute atomic E-state index is 14.2. The second kappa shape index (κ2) is 6.58. The predicted octanol–water partition coefficient (Wildman–Crippen LogP) is 2.92. The predicted molar refractivity (Wildman–Crippen MR) is 93.0 cm³/mol. The number of halogens is 2. The molecule has 134 valence electrons. The van der Waals surface area contributed by atoms with Gasteiger partial charge in [0.2, 0.25) is 5.95 Å². The number of hydrogen-bond acceptors (Lipinski definition) is 6. The molecular weight excluding hydrogens is 342 g/mol. The average Bonchev–Trinajstić information content (AvgIpc) is 3.07. The number of nitrogens with zero attached hydrogens (tertiary/aromatic N) is 4.